The fourth-order valence-electron chi connectivity index (χ4n) is 1.85. The molecule has 0 aliphatic rings. The number of hydrogen-bond donors (Lipinski definition) is 0. The minimum absolute atomic E-state index is 0.359. The molecule has 0 N–H and O–H groups in total. The van der Waals surface area contributed by atoms with Crippen molar-refractivity contribution in [1.29, 1.82) is 5.26 Å². The second kappa shape index (κ2) is 5.33. The first-order chi connectivity index (χ1) is 9.86. The van der Waals surface area contributed by atoms with Crippen LogP contribution in [0.4, 0.5) is 0 Å². The Bertz CT molecular complexity index is 759. The second-order valence-corrected chi connectivity index (χ2v) is 4.19. The lowest BCUT2D eigenvalue weighted by Crippen LogP contribution is -1.83. The van der Waals surface area contributed by atoms with Crippen molar-refractivity contribution < 1.29 is 4.42 Å². The van der Waals surface area contributed by atoms with Crippen molar-refractivity contribution in [2.24, 2.45) is 0 Å². The van der Waals surface area contributed by atoms with Gasteiger partial charge in [0.25, 0.3) is 0 Å². The summed E-state index contributed by atoms with van der Waals surface area (Å²) in [4.78, 5) is 4.02. The van der Waals surface area contributed by atoms with E-state index in [1.165, 1.54) is 0 Å². The van der Waals surface area contributed by atoms with Gasteiger partial charge in [0.1, 0.15) is 0 Å². The highest BCUT2D eigenvalue weighted by Gasteiger charge is 2.10. The Kier molecular flexibility index (Phi) is 3.21. The van der Waals surface area contributed by atoms with Gasteiger partial charge in [0, 0.05) is 18.0 Å². The minimum Gasteiger partial charge on any atom is -0.416 e. The van der Waals surface area contributed by atoms with Crippen LogP contribution >= 0.6 is 0 Å². The number of pyridine rings is 1. The van der Waals surface area contributed by atoms with E-state index in [4.69, 9.17) is 9.68 Å². The highest BCUT2D eigenvalue weighted by atomic mass is 16.4. The van der Waals surface area contributed by atoms with Gasteiger partial charge in [-0.3, -0.25) is 4.98 Å². The highest BCUT2D eigenvalue weighted by molar-refractivity contribution is 5.57. The lowest BCUT2D eigenvalue weighted by molar-refractivity contribution is 0.584. The van der Waals surface area contributed by atoms with E-state index in [2.05, 4.69) is 21.3 Å². The van der Waals surface area contributed by atoms with E-state index in [0.29, 0.717) is 18.2 Å². The summed E-state index contributed by atoms with van der Waals surface area (Å²) >= 11 is 0. The van der Waals surface area contributed by atoms with Gasteiger partial charge in [0.2, 0.25) is 11.8 Å². The van der Waals surface area contributed by atoms with Crippen LogP contribution in [-0.4, -0.2) is 15.2 Å². The third-order valence-corrected chi connectivity index (χ3v) is 2.79. The number of nitrogens with zero attached hydrogens (tertiary/aromatic N) is 4. The van der Waals surface area contributed by atoms with Crippen LogP contribution in [-0.2, 0) is 6.42 Å². The Hall–Kier alpha value is -3.00. The quantitative estimate of drug-likeness (QED) is 0.725. The monoisotopic (exact) mass is 262 g/mol. The maximum Gasteiger partial charge on any atom is 0.249 e. The van der Waals surface area contributed by atoms with Crippen LogP contribution in [0.2, 0.25) is 0 Å². The molecular formula is C15H10N4O. The van der Waals surface area contributed by atoms with Crippen LogP contribution < -0.4 is 0 Å². The molecule has 0 amide bonds. The van der Waals surface area contributed by atoms with E-state index >= 15 is 0 Å². The summed E-state index contributed by atoms with van der Waals surface area (Å²) in [5.41, 5.74) is 2.51. The fourth-order valence-corrected chi connectivity index (χ4v) is 1.85. The molecular weight excluding hydrogens is 252 g/mol. The largest absolute Gasteiger partial charge is 0.416 e. The van der Waals surface area contributed by atoms with Gasteiger partial charge in [-0.1, -0.05) is 12.1 Å². The molecule has 0 spiro atoms. The molecule has 5 nitrogen and oxygen atoms in total. The first-order valence-electron chi connectivity index (χ1n) is 6.07. The van der Waals surface area contributed by atoms with Gasteiger partial charge >= 0.3 is 0 Å². The van der Waals surface area contributed by atoms with Crippen LogP contribution in [0, 0.1) is 11.3 Å². The fraction of sp³-hybridized carbons (Fsp3) is 0.0667. The molecule has 5 heteroatoms. The summed E-state index contributed by atoms with van der Waals surface area (Å²) in [6.45, 7) is 0. The molecule has 1 aromatic carbocycles. The predicted octanol–water partition coefficient (Wildman–Crippen LogP) is 2.86. The third kappa shape index (κ3) is 2.40. The van der Waals surface area contributed by atoms with E-state index in [1.54, 1.807) is 12.4 Å². The number of benzene rings is 1. The van der Waals surface area contributed by atoms with E-state index in [0.717, 1.165) is 16.7 Å². The highest BCUT2D eigenvalue weighted by Crippen LogP contribution is 2.23. The predicted molar refractivity (Wildman–Crippen MR) is 72.3 cm³/mol. The van der Waals surface area contributed by atoms with Gasteiger partial charge in [-0.2, -0.15) is 5.26 Å². The standard InChI is InChI=1S/C15H10N4O/c16-7-6-11-3-1-4-12(9-11)14-18-19-15(20-14)13-5-2-8-17-10-13/h1-5,8-10H,6H2. The van der Waals surface area contributed by atoms with E-state index in [9.17, 15) is 0 Å². The molecule has 0 fully saturated rings. The zero-order chi connectivity index (χ0) is 13.8. The molecule has 0 aliphatic heterocycles. The first kappa shape index (κ1) is 12.1. The normalized spacial score (nSPS) is 10.2. The lowest BCUT2D eigenvalue weighted by Gasteiger charge is -1.97. The molecule has 20 heavy (non-hydrogen) atoms. The van der Waals surface area contributed by atoms with Gasteiger partial charge in [0.15, 0.2) is 0 Å². The molecule has 0 saturated heterocycles. The van der Waals surface area contributed by atoms with Gasteiger partial charge in [0.05, 0.1) is 18.1 Å². The number of nitriles is 1. The van der Waals surface area contributed by atoms with E-state index in [1.807, 2.05) is 36.4 Å². The summed E-state index contributed by atoms with van der Waals surface area (Å²) in [5.74, 6) is 0.863. The van der Waals surface area contributed by atoms with Crippen LogP contribution in [0.5, 0.6) is 0 Å². The van der Waals surface area contributed by atoms with Crippen molar-refractivity contribution in [2.75, 3.05) is 0 Å². The molecule has 0 radical (unpaired) electrons. The molecule has 2 heterocycles. The molecule has 0 saturated carbocycles. The molecule has 0 unspecified atom stereocenters. The average Bonchev–Trinajstić information content (AvgIpc) is 2.99. The molecule has 3 rings (SSSR count). The average molecular weight is 262 g/mol. The maximum absolute atomic E-state index is 8.73. The zero-order valence-electron chi connectivity index (χ0n) is 10.5. The topological polar surface area (TPSA) is 75.6 Å². The van der Waals surface area contributed by atoms with Crippen molar-refractivity contribution in [2.45, 2.75) is 6.42 Å². The summed E-state index contributed by atoms with van der Waals surface area (Å²) in [7, 11) is 0. The summed E-state index contributed by atoms with van der Waals surface area (Å²) in [6, 6.07) is 13.3. The summed E-state index contributed by atoms with van der Waals surface area (Å²) < 4.78 is 5.64. The smallest absolute Gasteiger partial charge is 0.249 e. The Balaban J connectivity index is 1.94. The molecule has 96 valence electrons. The Morgan fingerprint density at radius 2 is 1.85 bits per heavy atom. The van der Waals surface area contributed by atoms with Crippen LogP contribution in [0.25, 0.3) is 22.9 Å². The Labute approximate surface area is 115 Å². The Morgan fingerprint density at radius 3 is 2.60 bits per heavy atom. The van der Waals surface area contributed by atoms with Gasteiger partial charge in [-0.15, -0.1) is 10.2 Å². The first-order valence-corrected chi connectivity index (χ1v) is 6.07. The third-order valence-electron chi connectivity index (χ3n) is 2.79. The number of aromatic nitrogens is 3. The molecule has 0 aliphatic carbocycles. The van der Waals surface area contributed by atoms with E-state index < -0.39 is 0 Å². The van der Waals surface area contributed by atoms with Gasteiger partial charge in [-0.05, 0) is 29.8 Å². The molecule has 3 aromatic rings. The summed E-state index contributed by atoms with van der Waals surface area (Å²) in [6.07, 6.45) is 3.72. The van der Waals surface area contributed by atoms with Gasteiger partial charge < -0.3 is 4.42 Å². The molecule has 0 atom stereocenters. The van der Waals surface area contributed by atoms with Crippen molar-refractivity contribution in [3.8, 4) is 29.0 Å². The molecule has 2 aromatic heterocycles. The zero-order valence-corrected chi connectivity index (χ0v) is 10.5. The van der Waals surface area contributed by atoms with Crippen LogP contribution in [0.15, 0.2) is 53.2 Å². The van der Waals surface area contributed by atoms with Crippen molar-refractivity contribution >= 4 is 0 Å². The maximum atomic E-state index is 8.73. The van der Waals surface area contributed by atoms with E-state index in [-0.39, 0.29) is 0 Å². The lowest BCUT2D eigenvalue weighted by atomic mass is 10.1. The molecule has 0 bridgehead atoms. The summed E-state index contributed by atoms with van der Waals surface area (Å²) in [5, 5.41) is 16.8. The number of hydrogen-bond acceptors (Lipinski definition) is 5. The van der Waals surface area contributed by atoms with Gasteiger partial charge in [-0.25, -0.2) is 0 Å². The van der Waals surface area contributed by atoms with Crippen molar-refractivity contribution in [1.82, 2.24) is 15.2 Å². The van der Waals surface area contributed by atoms with Crippen LogP contribution in [0.1, 0.15) is 5.56 Å². The SMILES string of the molecule is N#CCc1cccc(-c2nnc(-c3cccnc3)o2)c1. The minimum atomic E-state index is 0.359. The van der Waals surface area contributed by atoms with Crippen LogP contribution in [0.3, 0.4) is 0 Å². The number of rotatable bonds is 3. The van der Waals surface area contributed by atoms with Crippen molar-refractivity contribution in [3.05, 3.63) is 54.4 Å². The Morgan fingerprint density at radius 1 is 1.05 bits per heavy atom. The second-order valence-electron chi connectivity index (χ2n) is 4.19. The van der Waals surface area contributed by atoms with Crippen molar-refractivity contribution in [3.63, 3.8) is 0 Å².